The number of nitrogens with two attached hydrogens (primary N) is 1. The molecule has 666 valence electrons. The summed E-state index contributed by atoms with van der Waals surface area (Å²) in [7, 11) is 6.83. The molecule has 7 aromatic carbocycles. The van der Waals surface area contributed by atoms with Gasteiger partial charge in [0.15, 0.2) is 5.17 Å². The van der Waals surface area contributed by atoms with E-state index in [0.29, 0.717) is 86.2 Å². The van der Waals surface area contributed by atoms with Gasteiger partial charge < -0.3 is 59.7 Å². The molecule has 3 aromatic heterocycles. The van der Waals surface area contributed by atoms with E-state index < -0.39 is 47.1 Å². The number of carbonyl (C=O) groups is 6. The van der Waals surface area contributed by atoms with Gasteiger partial charge in [-0.2, -0.15) is 8.75 Å². The summed E-state index contributed by atoms with van der Waals surface area (Å²) < 4.78 is 122. The zero-order chi connectivity index (χ0) is 91.2. The van der Waals surface area contributed by atoms with E-state index >= 15 is 0 Å². The number of carboxylic acids is 1. The van der Waals surface area contributed by atoms with E-state index in [2.05, 4.69) is 58.0 Å². The van der Waals surface area contributed by atoms with Gasteiger partial charge in [0, 0.05) is 82.1 Å². The quantitative estimate of drug-likeness (QED) is 0.00338. The van der Waals surface area contributed by atoms with E-state index in [-0.39, 0.29) is 112 Å². The second kappa shape index (κ2) is 66.4. The molecule has 11 rings (SSSR count). The zero-order valence-corrected chi connectivity index (χ0v) is 77.3. The summed E-state index contributed by atoms with van der Waals surface area (Å²) in [4.78, 5) is 71.0. The maximum atomic E-state index is 13.2. The standard InChI is InChI=1S/C13H12FNO3.C13H14FNO3.C13H12FNO2S.C11H8FNO2S.C10H17NO2.C7H5ClFNO.C7H6FNO.C7H5FO.ClH.Li.H3NO.H2O.P2S5/c1-3-17-13(16)11-8(2)18-15-12(11)9-5-4-6-10(14)7-9;1-3-18-13(17)11(8(2)16)12(15)9-5-4-6-10(14)7-9;1-3-17-13(16)11-8(2)18-15-12(11)9-5-4-6-10(14)7-9;1-6-9(11(14)15)10(13-16-6)7-3-2-4-8(12)5-7;1-3-13-10(12)8-9(2)11-6-4-5-7-11;8-7(10-11)5-2-1-3-6(9)4-5;8-7-3-1-2-6(4-7)5-9-10;8-7-3-1-2-6(4-7)5-9;;;1-2;;3-1-2-5-7-6-4/h4-7H,3H2,1-2H3;4-7,15-16H,3H2,1-2H3;4-7H,3H2,1-2H3;2-5H,1H3,(H,14,15);8H,3-7H2,1-2H3;1-4,11H;1-5,10H;1-5H;1H;;2H,1H2;1H2;/q;;;;;;;;;+1;;;/p-1/b;;;;9-8-;10-7+;9-5-;;;;;;. The largest absolute Gasteiger partial charge is 1.00 e. The predicted molar refractivity (Wildman–Crippen MR) is 480 cm³/mol. The van der Waals surface area contributed by atoms with Gasteiger partial charge in [-0.3, -0.25) is 10.2 Å². The van der Waals surface area contributed by atoms with Crippen LogP contribution >= 0.6 is 61.2 Å². The smallest absolute Gasteiger partial charge is 0.870 e. The van der Waals surface area contributed by atoms with E-state index in [4.69, 9.17) is 61.2 Å². The first-order valence-corrected chi connectivity index (χ1v) is 45.8. The number of rotatable bonds is 19. The Balaban J connectivity index is 0. The number of carboxylic acid groups (broad SMARTS) is 1. The van der Waals surface area contributed by atoms with Crippen molar-refractivity contribution in [2.24, 2.45) is 16.2 Å². The fourth-order valence-electron chi connectivity index (χ4n) is 9.64. The number of carbonyl (C=O) groups excluding carboxylic acids is 5. The average Bonchev–Trinajstić information content (AvgIpc) is 1.70. The number of aromatic carboxylic acids is 1. The Morgan fingerprint density at radius 3 is 1.43 bits per heavy atom. The monoisotopic (exact) mass is 1940 g/mol. The van der Waals surface area contributed by atoms with Crippen LogP contribution in [0, 0.1) is 66.9 Å². The van der Waals surface area contributed by atoms with Crippen molar-refractivity contribution in [3.63, 3.8) is 0 Å². The average molecular weight is 1940 g/mol. The second-order valence-electron chi connectivity index (χ2n) is 23.2. The third-order valence-electron chi connectivity index (χ3n) is 14.8. The number of allylic oxidation sites excluding steroid dienone is 2. The molecule has 0 saturated carbocycles. The number of aldehydes is 1. The van der Waals surface area contributed by atoms with Crippen molar-refractivity contribution in [3.8, 4) is 33.8 Å². The van der Waals surface area contributed by atoms with Crippen LogP contribution in [0.4, 0.5) is 30.7 Å². The van der Waals surface area contributed by atoms with Crippen LogP contribution in [0.3, 0.4) is 0 Å². The molecule has 9 N–H and O–H groups in total. The molecule has 0 aliphatic carbocycles. The van der Waals surface area contributed by atoms with E-state index in [1.807, 2.05) is 13.8 Å². The fourth-order valence-corrected chi connectivity index (χ4v) is 20.7. The normalized spacial score (nSPS) is 10.9. The van der Waals surface area contributed by atoms with Crippen LogP contribution in [0.5, 0.6) is 0 Å². The van der Waals surface area contributed by atoms with Crippen LogP contribution in [0.25, 0.3) is 33.8 Å². The minimum absolute atomic E-state index is 0. The number of benzene rings is 7. The summed E-state index contributed by atoms with van der Waals surface area (Å²) in [5.74, 6) is -2.27. The third-order valence-corrected chi connectivity index (χ3v) is 26.6. The van der Waals surface area contributed by atoms with E-state index in [1.54, 1.807) is 121 Å². The van der Waals surface area contributed by atoms with Gasteiger partial charge in [-0.05, 0) is 239 Å². The summed E-state index contributed by atoms with van der Waals surface area (Å²) in [6, 6.07) is 39.7. The number of nitrogens with one attached hydrogen (secondary N) is 1. The van der Waals surface area contributed by atoms with E-state index in [0.717, 1.165) is 48.3 Å². The second-order valence-corrected chi connectivity index (χ2v) is 35.2. The number of hydrogen-bond acceptors (Lipinski definition) is 28. The number of oxime groups is 2. The summed E-state index contributed by atoms with van der Waals surface area (Å²) in [6.07, 6.45) is 5.82. The molecule has 0 unspecified atom stereocenters. The summed E-state index contributed by atoms with van der Waals surface area (Å²) >= 11 is 16.9. The maximum Gasteiger partial charge on any atom is 1.00 e. The van der Waals surface area contributed by atoms with Crippen LogP contribution in [0.2, 0.25) is 0 Å². The number of aryl methyl sites for hydroxylation is 3. The van der Waals surface area contributed by atoms with E-state index in [9.17, 15) is 64.6 Å². The van der Waals surface area contributed by atoms with Gasteiger partial charge in [-0.1, -0.05) is 112 Å². The van der Waals surface area contributed by atoms with Gasteiger partial charge in [0.1, 0.15) is 86.5 Å². The Kier molecular flexibility index (Phi) is 62.2. The molecule has 0 spiro atoms. The summed E-state index contributed by atoms with van der Waals surface area (Å²) in [5, 5.41) is 58.2. The minimum Gasteiger partial charge on any atom is -0.870 e. The van der Waals surface area contributed by atoms with Gasteiger partial charge in [0.2, 0.25) is 0 Å². The van der Waals surface area contributed by atoms with Gasteiger partial charge in [-0.25, -0.2) is 60.6 Å². The van der Waals surface area contributed by atoms with Crippen LogP contribution in [0.1, 0.15) is 128 Å². The van der Waals surface area contributed by atoms with Crippen molar-refractivity contribution in [3.05, 3.63) is 288 Å². The summed E-state index contributed by atoms with van der Waals surface area (Å²) in [5.41, 5.74) is 5.43. The molecule has 10 aromatic rings. The van der Waals surface area contributed by atoms with Crippen molar-refractivity contribution in [2.45, 2.75) is 75.2 Å². The topological polar surface area (TPSA) is 400 Å². The van der Waals surface area contributed by atoms with Crippen LogP contribution in [-0.4, -0.2) is 143 Å². The van der Waals surface area contributed by atoms with E-state index in [1.165, 1.54) is 163 Å². The number of ether oxygens (including phenoxy) is 4. The van der Waals surface area contributed by atoms with Gasteiger partial charge >= 0.3 is 48.7 Å². The van der Waals surface area contributed by atoms with Crippen molar-refractivity contribution >= 4 is 165 Å². The first-order chi connectivity index (χ1) is 58.4. The minimum atomic E-state index is -1.04. The molecular formula is C81H84Cl2F7LiN8O17P2S7. The molecular weight excluding hydrogens is 1850 g/mol. The number of likely N-dealkylation sites (tertiary alicyclic amines) is 1. The molecule has 1 saturated heterocycles. The molecule has 0 bridgehead atoms. The van der Waals surface area contributed by atoms with Gasteiger partial charge in [0.05, 0.1) is 49.7 Å². The van der Waals surface area contributed by atoms with Gasteiger partial charge in [0.25, 0.3) is 0 Å². The number of aliphatic hydroxyl groups excluding tert-OH is 1. The molecule has 1 aliphatic heterocycles. The number of halogens is 9. The molecule has 1 fully saturated rings. The molecule has 4 heterocycles. The number of nitrogens with zero attached hydrogens (tertiary/aromatic N) is 6. The first kappa shape index (κ1) is 117. The fraction of sp³-hybridized carbons (Fsp3) is 0.210. The Bertz CT molecular complexity index is 5300. The van der Waals surface area contributed by atoms with Crippen molar-refractivity contribution in [1.82, 2.24) is 18.8 Å². The zero-order valence-electron chi connectivity index (χ0n) is 68.2. The molecule has 0 atom stereocenters. The van der Waals surface area contributed by atoms with Gasteiger partial charge in [-0.15, -0.1) is 12.4 Å². The van der Waals surface area contributed by atoms with Crippen LogP contribution in [0.15, 0.2) is 208 Å². The third kappa shape index (κ3) is 43.6. The SMILES string of the molecule is CCOC(=O)/C=C(/C)N1CCCC1.CCOC(=O)C(C(=N)c1cccc(F)c1)=C(C)O.CCOC(=O)c1c(-c2cccc(F)c2)noc1C.CCOC(=O)c1c(-c2cccc(F)c2)nsc1C.Cc1snc(-c2cccc(F)c2)c1C(=O)O.Cl.NO.O/N=C(/Cl)c1cccc(F)c1.O/N=C\c1cccc(F)c1.O=Cc1cccc(F)c1.S=PP=S=S=S=S.[Li+].[OH-]. The number of aliphatic hydroxyl groups is 1. The molecule has 0 radical (unpaired) electrons. The van der Waals surface area contributed by atoms with Crippen molar-refractivity contribution < 1.29 is 133 Å². The maximum absolute atomic E-state index is 13.2. The predicted octanol–water partition coefficient (Wildman–Crippen LogP) is 17.3. The molecule has 1 aliphatic rings. The van der Waals surface area contributed by atoms with Crippen molar-refractivity contribution in [1.29, 1.82) is 5.41 Å². The molecule has 125 heavy (non-hydrogen) atoms. The Morgan fingerprint density at radius 1 is 0.616 bits per heavy atom. The van der Waals surface area contributed by atoms with Crippen LogP contribution < -0.4 is 24.8 Å². The summed E-state index contributed by atoms with van der Waals surface area (Å²) in [6.45, 7) is 18.5. The molecule has 44 heteroatoms. The number of aromatic nitrogens is 3. The first-order valence-electron chi connectivity index (χ1n) is 35.3. The Labute approximate surface area is 768 Å². The Morgan fingerprint density at radius 2 is 1.02 bits per heavy atom. The number of esters is 4. The molecule has 25 nitrogen and oxygen atoms in total. The Hall–Kier alpha value is -10.0. The van der Waals surface area contributed by atoms with Crippen LogP contribution in [-0.2, 0) is 78.8 Å². The van der Waals surface area contributed by atoms with Crippen molar-refractivity contribution in [2.75, 3.05) is 39.5 Å². The molecule has 0 amide bonds. The number of hydrogen-bond donors (Lipinski definition) is 7.